The van der Waals surface area contributed by atoms with Gasteiger partial charge in [0, 0.05) is 5.56 Å². The molecule has 7 aromatic rings. The smallest absolute Gasteiger partial charge is 0.338 e. The third-order valence-electron chi connectivity index (χ3n) is 9.97. The van der Waals surface area contributed by atoms with Crippen molar-refractivity contribution in [2.45, 2.75) is 29.3 Å². The van der Waals surface area contributed by atoms with E-state index in [1.54, 1.807) is 48.5 Å². The van der Waals surface area contributed by atoms with E-state index in [0.717, 1.165) is 6.33 Å². The van der Waals surface area contributed by atoms with Crippen molar-refractivity contribution in [3.63, 3.8) is 0 Å². The Labute approximate surface area is 325 Å². The van der Waals surface area contributed by atoms with Crippen LogP contribution >= 0.6 is 0 Å². The van der Waals surface area contributed by atoms with Crippen LogP contribution in [0, 0.1) is 11.3 Å². The highest BCUT2D eigenvalue weighted by Crippen LogP contribution is 2.51. The number of anilines is 1. The number of nitrogens with one attached hydrogen (secondary N) is 1. The van der Waals surface area contributed by atoms with Crippen LogP contribution in [-0.2, 0) is 25.4 Å². The summed E-state index contributed by atoms with van der Waals surface area (Å²) in [7, 11) is 0. The van der Waals surface area contributed by atoms with Crippen molar-refractivity contribution in [3.05, 3.63) is 204 Å². The number of hydrogen-bond donors (Lipinski definition) is 1. The minimum Gasteiger partial charge on any atom is -0.447 e. The fraction of sp³-hybridized carbons (Fsp3) is 0.133. The summed E-state index contributed by atoms with van der Waals surface area (Å²) >= 11 is 0. The number of rotatable bonds is 11. The number of nitrogens with zero attached hydrogens (tertiary/aromatic N) is 4. The zero-order valence-electron chi connectivity index (χ0n) is 30.1. The molecule has 3 atom stereocenters. The number of hydrogen-bond acceptors (Lipinski definition) is 8. The SMILES string of the molecule is N#C[C@@]1(c2ccc3c(NC(=O)c4ccccc4)ncnn23)O[C@H](COC(c2ccccc2)(c2ccccc2)c2ccccc2)C(F)(F)[C@@H]1OC(=O)c1ccccc1. The van der Waals surface area contributed by atoms with Crippen LogP contribution < -0.4 is 5.32 Å². The molecule has 0 radical (unpaired) electrons. The first kappa shape index (κ1) is 36.9. The number of ether oxygens (including phenoxy) is 3. The molecule has 0 spiro atoms. The number of fused-ring (bicyclic) bond motifs is 1. The van der Waals surface area contributed by atoms with Crippen molar-refractivity contribution < 1.29 is 32.6 Å². The minimum atomic E-state index is -4.02. The molecule has 5 aromatic carbocycles. The lowest BCUT2D eigenvalue weighted by molar-refractivity contribution is -0.147. The van der Waals surface area contributed by atoms with Gasteiger partial charge in [-0.3, -0.25) is 4.79 Å². The quantitative estimate of drug-likeness (QED) is 0.104. The van der Waals surface area contributed by atoms with Crippen LogP contribution in [0.4, 0.5) is 14.6 Å². The van der Waals surface area contributed by atoms with E-state index in [1.807, 2.05) is 97.1 Å². The second-order valence-electron chi connectivity index (χ2n) is 13.3. The molecule has 57 heavy (non-hydrogen) atoms. The Morgan fingerprint density at radius 1 is 0.754 bits per heavy atom. The molecule has 1 amide bonds. The molecular weight excluding hydrogens is 729 g/mol. The highest BCUT2D eigenvalue weighted by atomic mass is 19.3. The van der Waals surface area contributed by atoms with E-state index in [2.05, 4.69) is 15.4 Å². The van der Waals surface area contributed by atoms with E-state index in [1.165, 1.54) is 28.8 Å². The van der Waals surface area contributed by atoms with Crippen LogP contribution in [0.1, 0.15) is 43.1 Å². The highest BCUT2D eigenvalue weighted by Gasteiger charge is 2.71. The van der Waals surface area contributed by atoms with Gasteiger partial charge in [0.2, 0.25) is 11.7 Å². The number of halogens is 2. The average molecular weight is 762 g/mol. The summed E-state index contributed by atoms with van der Waals surface area (Å²) in [5.74, 6) is -5.55. The molecule has 3 heterocycles. The summed E-state index contributed by atoms with van der Waals surface area (Å²) in [5.41, 5.74) is -1.78. The van der Waals surface area contributed by atoms with Gasteiger partial charge in [0.15, 0.2) is 11.9 Å². The lowest BCUT2D eigenvalue weighted by atomic mass is 9.80. The maximum atomic E-state index is 17.3. The molecule has 1 aliphatic rings. The van der Waals surface area contributed by atoms with E-state index in [-0.39, 0.29) is 22.6 Å². The van der Waals surface area contributed by atoms with Crippen LogP contribution in [-0.4, -0.2) is 51.2 Å². The number of benzene rings is 5. The molecule has 1 saturated heterocycles. The van der Waals surface area contributed by atoms with Gasteiger partial charge in [-0.2, -0.15) is 19.1 Å². The Bertz CT molecular complexity index is 2460. The van der Waals surface area contributed by atoms with Crippen LogP contribution in [0.3, 0.4) is 0 Å². The predicted molar refractivity (Wildman–Crippen MR) is 205 cm³/mol. The number of nitriles is 1. The van der Waals surface area contributed by atoms with Crippen molar-refractivity contribution in [1.82, 2.24) is 14.6 Å². The molecule has 1 fully saturated rings. The Morgan fingerprint density at radius 3 is 1.79 bits per heavy atom. The molecule has 0 unspecified atom stereocenters. The third-order valence-corrected chi connectivity index (χ3v) is 9.97. The number of esters is 1. The van der Waals surface area contributed by atoms with Crippen molar-refractivity contribution >= 4 is 23.2 Å². The number of aromatic nitrogens is 3. The summed E-state index contributed by atoms with van der Waals surface area (Å²) in [5, 5.41) is 18.0. The Hall–Kier alpha value is -7.07. The first-order valence-corrected chi connectivity index (χ1v) is 18.0. The number of carbonyl (C=O) groups excluding carboxylic acids is 2. The number of amides is 1. The van der Waals surface area contributed by atoms with Crippen LogP contribution in [0.25, 0.3) is 5.52 Å². The molecule has 8 rings (SSSR count). The molecule has 2 aromatic heterocycles. The topological polar surface area (TPSA) is 128 Å². The van der Waals surface area contributed by atoms with Crippen LogP contribution in [0.5, 0.6) is 0 Å². The zero-order valence-corrected chi connectivity index (χ0v) is 30.1. The summed E-state index contributed by atoms with van der Waals surface area (Å²) < 4.78 is 54.4. The minimum absolute atomic E-state index is 0.00987. The predicted octanol–water partition coefficient (Wildman–Crippen LogP) is 7.97. The molecule has 10 nitrogen and oxygen atoms in total. The van der Waals surface area contributed by atoms with Crippen molar-refractivity contribution in [2.75, 3.05) is 11.9 Å². The van der Waals surface area contributed by atoms with Crippen LogP contribution in [0.15, 0.2) is 170 Å². The standard InChI is InChI=1S/C45H33F2N5O5/c46-45(47)38(28-55-44(33-20-10-3-11-21-33,34-22-12-4-13-23-34)35-24-14-5-15-25-35)57-43(29-48,42(45)56-41(54)32-18-8-2-9-19-32)37-27-26-36-39(49-30-50-52(36)37)51-40(53)31-16-6-1-7-17-31/h1-27,30,38,42H,28H2,(H,49,50,51,53)/t38-,42-,43+/m1/s1. The maximum Gasteiger partial charge on any atom is 0.338 e. The second-order valence-corrected chi connectivity index (χ2v) is 13.3. The van der Waals surface area contributed by atoms with Gasteiger partial charge >= 0.3 is 11.9 Å². The van der Waals surface area contributed by atoms with Crippen molar-refractivity contribution in [2.24, 2.45) is 0 Å². The van der Waals surface area contributed by atoms with E-state index in [0.29, 0.717) is 22.3 Å². The largest absolute Gasteiger partial charge is 0.447 e. The Balaban J connectivity index is 1.23. The van der Waals surface area contributed by atoms with Crippen molar-refractivity contribution in [3.8, 4) is 6.07 Å². The zero-order chi connectivity index (χ0) is 39.5. The first-order chi connectivity index (χ1) is 27.8. The van der Waals surface area contributed by atoms with Gasteiger partial charge in [-0.25, -0.2) is 14.3 Å². The van der Waals surface area contributed by atoms with Gasteiger partial charge in [-0.15, -0.1) is 0 Å². The average Bonchev–Trinajstić information content (AvgIpc) is 3.80. The van der Waals surface area contributed by atoms with Gasteiger partial charge in [0.05, 0.1) is 17.9 Å². The molecule has 1 N–H and O–H groups in total. The molecule has 1 aliphatic heterocycles. The van der Waals surface area contributed by atoms with Gasteiger partial charge in [-0.1, -0.05) is 127 Å². The monoisotopic (exact) mass is 761 g/mol. The second kappa shape index (κ2) is 15.2. The lowest BCUT2D eigenvalue weighted by Gasteiger charge is -2.37. The number of carbonyl (C=O) groups is 2. The van der Waals surface area contributed by atoms with E-state index in [4.69, 9.17) is 14.2 Å². The summed E-state index contributed by atoms with van der Waals surface area (Å²) in [6, 6.07) is 48.4. The summed E-state index contributed by atoms with van der Waals surface area (Å²) in [6.07, 6.45) is -3.52. The van der Waals surface area contributed by atoms with Gasteiger partial charge in [0.25, 0.3) is 5.91 Å². The molecule has 12 heteroatoms. The maximum absolute atomic E-state index is 17.3. The van der Waals surface area contributed by atoms with Gasteiger partial charge in [0.1, 0.15) is 23.5 Å². The summed E-state index contributed by atoms with van der Waals surface area (Å²) in [4.78, 5) is 30.9. The molecule has 0 bridgehead atoms. The Morgan fingerprint density at radius 2 is 1.26 bits per heavy atom. The van der Waals surface area contributed by atoms with Gasteiger partial charge < -0.3 is 19.5 Å². The summed E-state index contributed by atoms with van der Waals surface area (Å²) in [6.45, 7) is -0.759. The van der Waals surface area contributed by atoms with E-state index in [9.17, 15) is 14.9 Å². The van der Waals surface area contributed by atoms with E-state index < -0.39 is 47.8 Å². The van der Waals surface area contributed by atoms with Crippen molar-refractivity contribution in [1.29, 1.82) is 5.26 Å². The molecule has 0 aliphatic carbocycles. The third kappa shape index (κ3) is 6.58. The fourth-order valence-corrected chi connectivity index (χ4v) is 7.25. The Kier molecular flexibility index (Phi) is 9.85. The van der Waals surface area contributed by atoms with E-state index >= 15 is 8.78 Å². The lowest BCUT2D eigenvalue weighted by Crippen LogP contribution is -2.49. The fourth-order valence-electron chi connectivity index (χ4n) is 7.25. The molecule has 0 saturated carbocycles. The number of alkyl halides is 2. The van der Waals surface area contributed by atoms with Crippen LogP contribution in [0.2, 0.25) is 0 Å². The van der Waals surface area contributed by atoms with Gasteiger partial charge in [-0.05, 0) is 53.1 Å². The molecule has 282 valence electrons. The first-order valence-electron chi connectivity index (χ1n) is 18.0. The highest BCUT2D eigenvalue weighted by molar-refractivity contribution is 6.05. The molecular formula is C45H33F2N5O5. The normalized spacial score (nSPS) is 18.8.